The number of rotatable bonds is 3. The van der Waals surface area contributed by atoms with Crippen LogP contribution in [0.3, 0.4) is 0 Å². The number of benzene rings is 2. The van der Waals surface area contributed by atoms with Gasteiger partial charge in [-0.05, 0) is 61.9 Å². The highest BCUT2D eigenvalue weighted by atomic mass is 19.4. The zero-order chi connectivity index (χ0) is 20.1. The van der Waals surface area contributed by atoms with E-state index in [1.165, 1.54) is 23.9 Å². The summed E-state index contributed by atoms with van der Waals surface area (Å²) in [6.07, 6.45) is -2.83. The van der Waals surface area contributed by atoms with Gasteiger partial charge in [-0.15, -0.1) is 0 Å². The number of nitrogens with zero attached hydrogens (tertiary/aromatic N) is 2. The summed E-state index contributed by atoms with van der Waals surface area (Å²) in [5, 5.41) is 0.932. The van der Waals surface area contributed by atoms with E-state index in [-0.39, 0.29) is 5.82 Å². The first kappa shape index (κ1) is 19.0. The lowest BCUT2D eigenvalue weighted by Crippen LogP contribution is -2.35. The van der Waals surface area contributed by atoms with Crippen molar-refractivity contribution in [3.05, 3.63) is 70.7 Å². The van der Waals surface area contributed by atoms with E-state index in [9.17, 15) is 17.6 Å². The van der Waals surface area contributed by atoms with Crippen LogP contribution in [-0.4, -0.2) is 22.6 Å². The molecule has 1 aromatic heterocycles. The normalized spacial score (nSPS) is 17.9. The van der Waals surface area contributed by atoms with Gasteiger partial charge in [-0.2, -0.15) is 13.2 Å². The standard InChI is InChI=1S/C22H22F4N2/c1-14-11-21-19(13-27(14)2)18-12-17(23)7-8-20(18)28(21)10-9-15-3-5-16(6-4-15)22(24,25)26/h3-8,12,14H,9-11,13H2,1-2H3. The average molecular weight is 390 g/mol. The molecule has 0 saturated heterocycles. The summed E-state index contributed by atoms with van der Waals surface area (Å²) in [5.74, 6) is -0.253. The van der Waals surface area contributed by atoms with Crippen molar-refractivity contribution in [2.45, 2.75) is 45.1 Å². The Morgan fingerprint density at radius 2 is 1.79 bits per heavy atom. The number of halogens is 4. The number of aromatic nitrogens is 1. The summed E-state index contributed by atoms with van der Waals surface area (Å²) in [6, 6.07) is 10.6. The van der Waals surface area contributed by atoms with Gasteiger partial charge in [0.25, 0.3) is 0 Å². The molecule has 2 nitrogen and oxygen atoms in total. The summed E-state index contributed by atoms with van der Waals surface area (Å²) < 4.78 is 54.3. The molecule has 0 radical (unpaired) electrons. The van der Waals surface area contributed by atoms with Gasteiger partial charge < -0.3 is 4.57 Å². The molecular formula is C22H22F4N2. The van der Waals surface area contributed by atoms with E-state index in [1.54, 1.807) is 12.1 Å². The van der Waals surface area contributed by atoms with E-state index in [0.29, 0.717) is 19.0 Å². The predicted molar refractivity (Wildman–Crippen MR) is 102 cm³/mol. The van der Waals surface area contributed by atoms with Gasteiger partial charge in [0.1, 0.15) is 5.82 Å². The van der Waals surface area contributed by atoms with E-state index < -0.39 is 11.7 Å². The Bertz CT molecular complexity index is 1000. The van der Waals surface area contributed by atoms with Crippen molar-refractivity contribution < 1.29 is 17.6 Å². The minimum absolute atomic E-state index is 0.253. The van der Waals surface area contributed by atoms with Crippen LogP contribution in [0.1, 0.15) is 29.3 Å². The van der Waals surface area contributed by atoms with Gasteiger partial charge in [0.2, 0.25) is 0 Å². The number of likely N-dealkylation sites (N-methyl/N-ethyl adjacent to an activating group) is 1. The fourth-order valence-electron chi connectivity index (χ4n) is 4.06. The Hall–Kier alpha value is -2.34. The second kappa shape index (κ2) is 6.92. The first-order chi connectivity index (χ1) is 13.2. The molecular weight excluding hydrogens is 368 g/mol. The molecule has 6 heteroatoms. The monoisotopic (exact) mass is 390 g/mol. The van der Waals surface area contributed by atoms with Gasteiger partial charge in [-0.1, -0.05) is 12.1 Å². The molecule has 2 heterocycles. The molecule has 0 spiro atoms. The van der Waals surface area contributed by atoms with Crippen LogP contribution in [-0.2, 0) is 32.1 Å². The van der Waals surface area contributed by atoms with Gasteiger partial charge in [0, 0.05) is 42.1 Å². The average Bonchev–Trinajstić information content (AvgIpc) is 2.92. The Morgan fingerprint density at radius 3 is 2.46 bits per heavy atom. The smallest absolute Gasteiger partial charge is 0.344 e. The van der Waals surface area contributed by atoms with E-state index in [2.05, 4.69) is 23.4 Å². The summed E-state index contributed by atoms with van der Waals surface area (Å²) in [5.41, 5.74) is 3.57. The summed E-state index contributed by atoms with van der Waals surface area (Å²) >= 11 is 0. The molecule has 4 rings (SSSR count). The molecule has 0 bridgehead atoms. The van der Waals surface area contributed by atoms with Crippen LogP contribution in [0.4, 0.5) is 17.6 Å². The molecule has 148 valence electrons. The first-order valence-electron chi connectivity index (χ1n) is 9.40. The van der Waals surface area contributed by atoms with Crippen molar-refractivity contribution in [3.8, 4) is 0 Å². The van der Waals surface area contributed by atoms with Gasteiger partial charge in [0.15, 0.2) is 0 Å². The minimum atomic E-state index is -4.32. The molecule has 1 aliphatic heterocycles. The lowest BCUT2D eigenvalue weighted by Gasteiger charge is -2.31. The Morgan fingerprint density at radius 1 is 1.07 bits per heavy atom. The maximum absolute atomic E-state index is 13.9. The van der Waals surface area contributed by atoms with Crippen molar-refractivity contribution >= 4 is 10.9 Å². The van der Waals surface area contributed by atoms with Crippen molar-refractivity contribution in [3.63, 3.8) is 0 Å². The quantitative estimate of drug-likeness (QED) is 0.542. The molecule has 2 aromatic carbocycles. The van der Waals surface area contributed by atoms with Crippen molar-refractivity contribution in [1.29, 1.82) is 0 Å². The van der Waals surface area contributed by atoms with E-state index in [0.717, 1.165) is 47.1 Å². The molecule has 0 saturated carbocycles. The zero-order valence-corrected chi connectivity index (χ0v) is 15.9. The lowest BCUT2D eigenvalue weighted by atomic mass is 10.00. The SMILES string of the molecule is CC1Cc2c(c3cc(F)ccc3n2CCc2ccc(C(F)(F)F)cc2)CN1C. The molecule has 0 fully saturated rings. The molecule has 1 unspecified atom stereocenters. The van der Waals surface area contributed by atoms with Crippen LogP contribution in [0.5, 0.6) is 0 Å². The van der Waals surface area contributed by atoms with Crippen LogP contribution in [0.25, 0.3) is 10.9 Å². The second-order valence-corrected chi connectivity index (χ2v) is 7.65. The lowest BCUT2D eigenvalue weighted by molar-refractivity contribution is -0.137. The van der Waals surface area contributed by atoms with Crippen LogP contribution >= 0.6 is 0 Å². The third-order valence-corrected chi connectivity index (χ3v) is 5.80. The Labute approximate surface area is 161 Å². The highest BCUT2D eigenvalue weighted by Gasteiger charge is 2.30. The van der Waals surface area contributed by atoms with Gasteiger partial charge in [-0.3, -0.25) is 4.90 Å². The van der Waals surface area contributed by atoms with Crippen LogP contribution in [0, 0.1) is 5.82 Å². The molecule has 0 aliphatic carbocycles. The second-order valence-electron chi connectivity index (χ2n) is 7.65. The van der Waals surface area contributed by atoms with Crippen LogP contribution in [0.2, 0.25) is 0 Å². The van der Waals surface area contributed by atoms with Gasteiger partial charge in [0.05, 0.1) is 5.56 Å². The molecule has 28 heavy (non-hydrogen) atoms. The maximum Gasteiger partial charge on any atom is 0.416 e. The summed E-state index contributed by atoms with van der Waals surface area (Å²) in [4.78, 5) is 2.26. The molecule has 1 atom stereocenters. The summed E-state index contributed by atoms with van der Waals surface area (Å²) in [6.45, 7) is 3.59. The number of alkyl halides is 3. The molecule has 0 N–H and O–H groups in total. The third-order valence-electron chi connectivity index (χ3n) is 5.80. The molecule has 3 aromatic rings. The first-order valence-corrected chi connectivity index (χ1v) is 9.40. The molecule has 0 amide bonds. The van der Waals surface area contributed by atoms with Gasteiger partial charge in [-0.25, -0.2) is 4.39 Å². The largest absolute Gasteiger partial charge is 0.416 e. The maximum atomic E-state index is 13.9. The number of hydrogen-bond acceptors (Lipinski definition) is 1. The number of aryl methyl sites for hydroxylation is 2. The Balaban J connectivity index is 1.66. The fraction of sp³-hybridized carbons (Fsp3) is 0.364. The minimum Gasteiger partial charge on any atom is -0.344 e. The number of hydrogen-bond donors (Lipinski definition) is 0. The topological polar surface area (TPSA) is 8.17 Å². The van der Waals surface area contributed by atoms with Crippen molar-refractivity contribution in [2.24, 2.45) is 0 Å². The highest BCUT2D eigenvalue weighted by Crippen LogP contribution is 2.33. The Kier molecular flexibility index (Phi) is 4.70. The zero-order valence-electron chi connectivity index (χ0n) is 15.9. The predicted octanol–water partition coefficient (Wildman–Crippen LogP) is 5.42. The van der Waals surface area contributed by atoms with E-state index in [4.69, 9.17) is 0 Å². The third kappa shape index (κ3) is 3.41. The van der Waals surface area contributed by atoms with Crippen molar-refractivity contribution in [1.82, 2.24) is 9.47 Å². The van der Waals surface area contributed by atoms with Crippen LogP contribution in [0.15, 0.2) is 42.5 Å². The molecule has 1 aliphatic rings. The number of fused-ring (bicyclic) bond motifs is 3. The van der Waals surface area contributed by atoms with E-state index >= 15 is 0 Å². The fourth-order valence-corrected chi connectivity index (χ4v) is 4.06. The highest BCUT2D eigenvalue weighted by molar-refractivity contribution is 5.86. The summed E-state index contributed by atoms with van der Waals surface area (Å²) in [7, 11) is 2.07. The van der Waals surface area contributed by atoms with Crippen molar-refractivity contribution in [2.75, 3.05) is 7.05 Å². The van der Waals surface area contributed by atoms with Crippen LogP contribution < -0.4 is 0 Å². The van der Waals surface area contributed by atoms with Gasteiger partial charge >= 0.3 is 6.18 Å². The van der Waals surface area contributed by atoms with E-state index in [1.807, 2.05) is 0 Å².